The Labute approximate surface area is 135 Å². The van der Waals surface area contributed by atoms with Crippen LogP contribution < -0.4 is 0 Å². The maximum absolute atomic E-state index is 11.0. The molecule has 8 N–H and O–H groups in total. The molecular weight excluding hydrogens is 336 g/mol. The summed E-state index contributed by atoms with van der Waals surface area (Å²) < 4.78 is 14.7. The van der Waals surface area contributed by atoms with Gasteiger partial charge in [-0.05, 0) is 0 Å². The van der Waals surface area contributed by atoms with Gasteiger partial charge >= 0.3 is 5.97 Å². The largest absolute Gasteiger partial charge is 0.479 e. The second-order valence-corrected chi connectivity index (χ2v) is 5.56. The van der Waals surface area contributed by atoms with Crippen LogP contribution in [0.5, 0.6) is 0 Å². The number of aliphatic hydroxyl groups excluding tert-OH is 7. The van der Waals surface area contributed by atoms with Crippen LogP contribution in [0.15, 0.2) is 0 Å². The van der Waals surface area contributed by atoms with Gasteiger partial charge in [0.2, 0.25) is 0 Å². The van der Waals surface area contributed by atoms with Crippen molar-refractivity contribution in [3.05, 3.63) is 0 Å². The number of aliphatic carboxylic acids is 1. The van der Waals surface area contributed by atoms with Crippen molar-refractivity contribution >= 4 is 5.97 Å². The molecule has 0 aromatic carbocycles. The maximum atomic E-state index is 11.0. The van der Waals surface area contributed by atoms with E-state index in [9.17, 15) is 35.4 Å². The van der Waals surface area contributed by atoms with Gasteiger partial charge in [0, 0.05) is 0 Å². The third-order valence-electron chi connectivity index (χ3n) is 3.95. The molecular formula is C12H20O12. The van der Waals surface area contributed by atoms with E-state index >= 15 is 0 Å². The van der Waals surface area contributed by atoms with Gasteiger partial charge in [-0.1, -0.05) is 0 Å². The Morgan fingerprint density at radius 3 is 2.04 bits per heavy atom. The van der Waals surface area contributed by atoms with E-state index < -0.39 is 74.0 Å². The Hall–Kier alpha value is -0.930. The first kappa shape index (κ1) is 19.4. The lowest BCUT2D eigenvalue weighted by atomic mass is 9.97. The van der Waals surface area contributed by atoms with Crippen LogP contribution >= 0.6 is 0 Å². The van der Waals surface area contributed by atoms with Crippen LogP contribution in [0.1, 0.15) is 0 Å². The van der Waals surface area contributed by atoms with Crippen LogP contribution in [-0.2, 0) is 19.0 Å². The third kappa shape index (κ3) is 3.52. The highest BCUT2D eigenvalue weighted by Gasteiger charge is 2.51. The second-order valence-electron chi connectivity index (χ2n) is 5.56. The summed E-state index contributed by atoms with van der Waals surface area (Å²) in [6.07, 6.45) is -17.8. The fourth-order valence-corrected chi connectivity index (χ4v) is 2.54. The van der Waals surface area contributed by atoms with Gasteiger partial charge in [0.05, 0.1) is 6.61 Å². The Kier molecular flexibility index (Phi) is 6.09. The van der Waals surface area contributed by atoms with E-state index in [0.717, 1.165) is 0 Å². The molecule has 0 aliphatic carbocycles. The lowest BCUT2D eigenvalue weighted by Gasteiger charge is -2.44. The molecule has 0 unspecified atom stereocenters. The highest BCUT2D eigenvalue weighted by atomic mass is 16.7. The summed E-state index contributed by atoms with van der Waals surface area (Å²) in [6, 6.07) is 0. The summed E-state index contributed by atoms with van der Waals surface area (Å²) in [5.74, 6) is -1.64. The first-order valence-electron chi connectivity index (χ1n) is 7.07. The summed E-state index contributed by atoms with van der Waals surface area (Å²) in [4.78, 5) is 11.0. The third-order valence-corrected chi connectivity index (χ3v) is 3.95. The molecule has 12 nitrogen and oxygen atoms in total. The molecule has 2 heterocycles. The molecule has 0 bridgehead atoms. The molecule has 2 aliphatic rings. The second kappa shape index (κ2) is 7.53. The molecule has 2 fully saturated rings. The summed E-state index contributed by atoms with van der Waals surface area (Å²) in [7, 11) is 0. The molecule has 0 spiro atoms. The van der Waals surface area contributed by atoms with Gasteiger partial charge in [-0.25, -0.2) is 4.79 Å². The Balaban J connectivity index is 2.12. The number of rotatable bonds is 4. The molecule has 12 heteroatoms. The van der Waals surface area contributed by atoms with Crippen molar-refractivity contribution in [1.82, 2.24) is 0 Å². The number of aliphatic hydroxyl groups is 7. The van der Waals surface area contributed by atoms with Crippen LogP contribution in [0.3, 0.4) is 0 Å². The minimum Gasteiger partial charge on any atom is -0.479 e. The lowest BCUT2D eigenvalue weighted by Crippen LogP contribution is -2.64. The van der Waals surface area contributed by atoms with Gasteiger partial charge in [-0.15, -0.1) is 0 Å². The SMILES string of the molecule is O=C(O)[C@H]1O[C@@H](O[C@@H]2[C@@H](O)[C@H](O)[C@@H](CO)O[C@H]2O)[C@H](O)[C@@H](O)[C@@H]1O. The van der Waals surface area contributed by atoms with Crippen LogP contribution in [0, 0.1) is 0 Å². The number of carboxylic acids is 1. The number of hydrogen-bond donors (Lipinski definition) is 8. The zero-order valence-corrected chi connectivity index (χ0v) is 12.2. The molecule has 24 heavy (non-hydrogen) atoms. The van der Waals surface area contributed by atoms with E-state index in [0.29, 0.717) is 0 Å². The van der Waals surface area contributed by atoms with E-state index in [1.165, 1.54) is 0 Å². The highest BCUT2D eigenvalue weighted by Crippen LogP contribution is 2.28. The standard InChI is InChI=1S/C12H20O12/c13-1-2-3(14)5(16)9(11(21)22-2)24-12-7(18)4(15)6(17)8(23-12)10(19)20/h2-9,11-18,21H,1H2,(H,19,20)/t2-,3-,4+,5+,6+,7-,8+,9-,11-,12+/m1/s1. The summed E-state index contributed by atoms with van der Waals surface area (Å²) >= 11 is 0. The van der Waals surface area contributed by atoms with Crippen LogP contribution in [-0.4, -0.2) is 115 Å². The fraction of sp³-hybridized carbons (Fsp3) is 0.917. The van der Waals surface area contributed by atoms with Gasteiger partial charge in [0.1, 0.15) is 42.7 Å². The van der Waals surface area contributed by atoms with Crippen molar-refractivity contribution in [2.75, 3.05) is 6.61 Å². The Morgan fingerprint density at radius 2 is 1.50 bits per heavy atom. The van der Waals surface area contributed by atoms with Crippen molar-refractivity contribution in [3.63, 3.8) is 0 Å². The molecule has 0 radical (unpaired) electrons. The predicted molar refractivity (Wildman–Crippen MR) is 69.2 cm³/mol. The smallest absolute Gasteiger partial charge is 0.335 e. The first-order chi connectivity index (χ1) is 11.2. The van der Waals surface area contributed by atoms with E-state index in [-0.39, 0.29) is 0 Å². The van der Waals surface area contributed by atoms with E-state index in [4.69, 9.17) is 24.4 Å². The van der Waals surface area contributed by atoms with Crippen LogP contribution in [0.2, 0.25) is 0 Å². The zero-order valence-electron chi connectivity index (χ0n) is 12.2. The van der Waals surface area contributed by atoms with Crippen LogP contribution in [0.25, 0.3) is 0 Å². The molecule has 0 aromatic rings. The van der Waals surface area contributed by atoms with Crippen molar-refractivity contribution in [1.29, 1.82) is 0 Å². The van der Waals surface area contributed by atoms with Crippen LogP contribution in [0.4, 0.5) is 0 Å². The molecule has 2 rings (SSSR count). The van der Waals surface area contributed by atoms with E-state index in [1.807, 2.05) is 0 Å². The van der Waals surface area contributed by atoms with Gasteiger partial charge in [-0.2, -0.15) is 0 Å². The molecule has 10 atom stereocenters. The number of ether oxygens (including phenoxy) is 3. The normalized spacial score (nSPS) is 49.8. The molecule has 0 amide bonds. The van der Waals surface area contributed by atoms with Crippen molar-refractivity contribution in [2.24, 2.45) is 0 Å². The summed E-state index contributed by atoms with van der Waals surface area (Å²) in [6.45, 7) is -0.698. The maximum Gasteiger partial charge on any atom is 0.335 e. The minimum absolute atomic E-state index is 0.698. The molecule has 2 saturated heterocycles. The zero-order chi connectivity index (χ0) is 18.2. The predicted octanol–water partition coefficient (Wildman–Crippen LogP) is -5.30. The summed E-state index contributed by atoms with van der Waals surface area (Å²) in [5, 5.41) is 76.4. The quantitative estimate of drug-likeness (QED) is 0.238. The van der Waals surface area contributed by atoms with E-state index in [2.05, 4.69) is 0 Å². The molecule has 140 valence electrons. The first-order valence-corrected chi connectivity index (χ1v) is 7.07. The molecule has 0 saturated carbocycles. The van der Waals surface area contributed by atoms with Gasteiger partial charge < -0.3 is 55.1 Å². The average Bonchev–Trinajstić information content (AvgIpc) is 2.54. The van der Waals surface area contributed by atoms with Crippen molar-refractivity contribution < 1.29 is 59.9 Å². The van der Waals surface area contributed by atoms with Gasteiger partial charge in [0.15, 0.2) is 18.7 Å². The minimum atomic E-state index is -1.93. The molecule has 0 aromatic heterocycles. The Morgan fingerprint density at radius 1 is 0.875 bits per heavy atom. The van der Waals surface area contributed by atoms with Crippen molar-refractivity contribution in [2.45, 2.75) is 61.4 Å². The lowest BCUT2D eigenvalue weighted by molar-refractivity contribution is -0.357. The Bertz CT molecular complexity index is 446. The monoisotopic (exact) mass is 356 g/mol. The highest BCUT2D eigenvalue weighted by molar-refractivity contribution is 5.73. The van der Waals surface area contributed by atoms with E-state index in [1.54, 1.807) is 0 Å². The van der Waals surface area contributed by atoms with Crippen molar-refractivity contribution in [3.8, 4) is 0 Å². The van der Waals surface area contributed by atoms with Gasteiger partial charge in [-0.3, -0.25) is 0 Å². The average molecular weight is 356 g/mol. The number of hydrogen-bond acceptors (Lipinski definition) is 11. The fourth-order valence-electron chi connectivity index (χ4n) is 2.54. The molecule has 2 aliphatic heterocycles. The topological polar surface area (TPSA) is 207 Å². The summed E-state index contributed by atoms with van der Waals surface area (Å²) in [5.41, 5.74) is 0. The number of carbonyl (C=O) groups is 1. The van der Waals surface area contributed by atoms with Gasteiger partial charge in [0.25, 0.3) is 0 Å². The number of carboxylic acid groups (broad SMARTS) is 1.